The van der Waals surface area contributed by atoms with E-state index in [9.17, 15) is 0 Å². The molecule has 1 fully saturated rings. The average molecular weight is 964 g/mol. The molecule has 4 aliphatic rings. The van der Waals surface area contributed by atoms with Gasteiger partial charge in [-0.05, 0) is 166 Å². The Morgan fingerprint density at radius 1 is 0.435 bits per heavy atom. The van der Waals surface area contributed by atoms with Crippen LogP contribution >= 0.6 is 11.8 Å². The third kappa shape index (κ3) is 6.79. The Kier molecular flexibility index (Phi) is 9.47. The van der Waals surface area contributed by atoms with E-state index in [-0.39, 0.29) is 0 Å². The first kappa shape index (κ1) is 42.7. The van der Waals surface area contributed by atoms with E-state index in [1.54, 1.807) is 0 Å². The molecular formula is C58H53N7SSi3. The fourth-order valence-corrected chi connectivity index (χ4v) is 17.7. The zero-order valence-corrected chi connectivity index (χ0v) is 44.3. The highest BCUT2D eigenvalue weighted by molar-refractivity contribution is 7.99. The molecule has 4 heterocycles. The summed E-state index contributed by atoms with van der Waals surface area (Å²) < 4.78 is 34.1. The zero-order valence-electron chi connectivity index (χ0n) is 40.4. The predicted molar refractivity (Wildman–Crippen MR) is 296 cm³/mol. The summed E-state index contributed by atoms with van der Waals surface area (Å²) in [5.41, 5.74) is 11.3. The van der Waals surface area contributed by atoms with Gasteiger partial charge in [-0.15, -0.1) is 0 Å². The number of hydrogen-bond acceptors (Lipinski definition) is 8. The molecule has 1 unspecified atom stereocenters. The number of rotatable bonds is 6. The minimum Gasteiger partial charge on any atom is -0.304 e. The van der Waals surface area contributed by atoms with Gasteiger partial charge in [-0.2, -0.15) is 11.8 Å². The largest absolute Gasteiger partial charge is 0.304 e. The molecule has 0 aromatic heterocycles. The van der Waals surface area contributed by atoms with Crippen LogP contribution < -0.4 is 37.0 Å². The number of thioether (sulfide) groups is 1. The fraction of sp³-hybridized carbons (Fsp3) is 0.207. The summed E-state index contributed by atoms with van der Waals surface area (Å²) in [5.74, 6) is 2.75. The van der Waals surface area contributed by atoms with Crippen LogP contribution in [-0.4, -0.2) is 36.7 Å². The Bertz CT molecular complexity index is 4180. The quantitative estimate of drug-likeness (QED) is 0.123. The summed E-state index contributed by atoms with van der Waals surface area (Å²) >= 11 is 2.05. The maximum Gasteiger partial charge on any atom is 0.298 e. The lowest BCUT2D eigenvalue weighted by Gasteiger charge is -2.28. The Hall–Kier alpha value is -6.38. The smallest absolute Gasteiger partial charge is 0.298 e. The molecule has 4 aliphatic heterocycles. The summed E-state index contributed by atoms with van der Waals surface area (Å²) in [4.78, 5) is 2.46. The Labute approximate surface area is 409 Å². The van der Waals surface area contributed by atoms with Crippen molar-refractivity contribution in [2.24, 2.45) is 27.9 Å². The van der Waals surface area contributed by atoms with Crippen molar-refractivity contribution in [3.8, 4) is 22.3 Å². The van der Waals surface area contributed by atoms with Gasteiger partial charge in [0.25, 0.3) is 25.2 Å². The number of benzene rings is 9. The molecule has 0 amide bonds. The Morgan fingerprint density at radius 2 is 0.928 bits per heavy atom. The zero-order chi connectivity index (χ0) is 47.1. The van der Waals surface area contributed by atoms with Crippen LogP contribution in [0.25, 0.3) is 65.3 Å². The first-order valence-corrected chi connectivity index (χ1v) is 34.2. The van der Waals surface area contributed by atoms with E-state index in [4.69, 9.17) is 27.9 Å². The molecule has 0 spiro atoms. The highest BCUT2D eigenvalue weighted by Crippen LogP contribution is 2.40. The number of nitrogens with zero attached hydrogens (tertiary/aromatic N) is 7. The monoisotopic (exact) mass is 963 g/mol. The lowest BCUT2D eigenvalue weighted by atomic mass is 9.90. The SMILES string of the molecule is Cc1cc(N(c2ccc(C3CCSC3)c3c2=N[Si](C)(C)N=3)c2cc(C)c(-c3cc4ccccc4c4ccccc34)c3c2=N[Si](C)(C)N=3)c2c(c1-c1cccc3c1ccc1ccccc13)=N[Si](C)(C)N=2. The minimum absolute atomic E-state index is 0.459. The predicted octanol–water partition coefficient (Wildman–Crippen LogP) is 11.8. The molecule has 0 aliphatic carbocycles. The second kappa shape index (κ2) is 15.3. The summed E-state index contributed by atoms with van der Waals surface area (Å²) in [6.45, 7) is 18.1. The molecule has 1 atom stereocenters. The summed E-state index contributed by atoms with van der Waals surface area (Å²) in [6.07, 6.45) is 1.16. The van der Waals surface area contributed by atoms with Crippen LogP contribution in [-0.2, 0) is 0 Å². The van der Waals surface area contributed by atoms with Crippen molar-refractivity contribution < 1.29 is 0 Å². The van der Waals surface area contributed by atoms with E-state index in [1.165, 1.54) is 65.5 Å². The molecule has 9 aromatic carbocycles. The highest BCUT2D eigenvalue weighted by atomic mass is 32.2. The van der Waals surface area contributed by atoms with E-state index in [1.807, 2.05) is 11.8 Å². The van der Waals surface area contributed by atoms with Crippen molar-refractivity contribution in [3.05, 3.63) is 182 Å². The van der Waals surface area contributed by atoms with Crippen molar-refractivity contribution in [3.63, 3.8) is 0 Å². The molecule has 9 aromatic rings. The molecule has 69 heavy (non-hydrogen) atoms. The highest BCUT2D eigenvalue weighted by Gasteiger charge is 2.35. The van der Waals surface area contributed by atoms with Gasteiger partial charge in [0, 0.05) is 16.9 Å². The van der Waals surface area contributed by atoms with E-state index in [2.05, 4.69) is 191 Å². The molecule has 13 rings (SSSR count). The van der Waals surface area contributed by atoms with Gasteiger partial charge in [0.1, 0.15) is 0 Å². The number of fused-ring (bicyclic) bond motifs is 9. The summed E-state index contributed by atoms with van der Waals surface area (Å²) in [6, 6.07) is 49.4. The van der Waals surface area contributed by atoms with Crippen LogP contribution in [0.4, 0.5) is 17.1 Å². The topological polar surface area (TPSA) is 77.4 Å². The van der Waals surface area contributed by atoms with E-state index in [0.29, 0.717) is 5.92 Å². The van der Waals surface area contributed by atoms with E-state index >= 15 is 0 Å². The van der Waals surface area contributed by atoms with Gasteiger partial charge in [-0.25, -0.2) is 0 Å². The minimum atomic E-state index is -2.51. The molecule has 338 valence electrons. The van der Waals surface area contributed by atoms with Crippen LogP contribution in [0.15, 0.2) is 161 Å². The van der Waals surface area contributed by atoms with Crippen LogP contribution in [0.2, 0.25) is 39.3 Å². The van der Waals surface area contributed by atoms with Crippen molar-refractivity contribution in [2.75, 3.05) is 16.4 Å². The molecule has 1 saturated heterocycles. The maximum absolute atomic E-state index is 5.73. The van der Waals surface area contributed by atoms with Crippen LogP contribution in [0.3, 0.4) is 0 Å². The summed E-state index contributed by atoms with van der Waals surface area (Å²) in [5, 5.41) is 15.8. The lowest BCUT2D eigenvalue weighted by molar-refractivity contribution is 0.771. The van der Waals surface area contributed by atoms with Gasteiger partial charge in [-0.3, -0.25) is 27.9 Å². The first-order chi connectivity index (χ1) is 33.2. The molecule has 7 nitrogen and oxygen atoms in total. The van der Waals surface area contributed by atoms with Gasteiger partial charge in [0.2, 0.25) is 0 Å². The molecule has 11 heteroatoms. The standard InChI is InChI=1S/C58H53N7SSi3/c1-34-30-49(55-57(63-68(5,6)61-55)51(34)46-23-15-22-43-39-18-11-9-16-36(39)24-25-45(43)46)65(48-27-26-41(38-28-29-66-33-38)53-54(48)60-67(3,4)59-53)50-31-35(2)52(58-56(50)62-69(7,8)64-58)47-32-37-17-10-12-19-40(37)42-20-13-14-21-44(42)47/h9-27,30-32,38H,28-29,33H2,1-8H3. The maximum atomic E-state index is 5.73. The van der Waals surface area contributed by atoms with Crippen molar-refractivity contribution in [1.29, 1.82) is 0 Å². The Morgan fingerprint density at radius 3 is 1.55 bits per heavy atom. The molecule has 0 radical (unpaired) electrons. The normalized spacial score (nSPS) is 17.9. The second-order valence-electron chi connectivity index (χ2n) is 20.9. The third-order valence-corrected chi connectivity index (χ3v) is 20.3. The van der Waals surface area contributed by atoms with Crippen molar-refractivity contribution in [2.45, 2.75) is 65.5 Å². The van der Waals surface area contributed by atoms with E-state index in [0.717, 1.165) is 83.6 Å². The van der Waals surface area contributed by atoms with Crippen LogP contribution in [0.1, 0.15) is 29.0 Å². The Balaban J connectivity index is 1.14. The third-order valence-electron chi connectivity index (χ3n) is 14.6. The molecule has 0 N–H and O–H groups in total. The van der Waals surface area contributed by atoms with Crippen LogP contribution in [0.5, 0.6) is 0 Å². The van der Waals surface area contributed by atoms with Gasteiger partial charge >= 0.3 is 0 Å². The van der Waals surface area contributed by atoms with E-state index < -0.39 is 25.2 Å². The van der Waals surface area contributed by atoms with Gasteiger partial charge < -0.3 is 4.90 Å². The molecule has 0 bridgehead atoms. The average Bonchev–Trinajstić information content (AvgIpc) is 4.12. The lowest BCUT2D eigenvalue weighted by Crippen LogP contribution is -2.40. The van der Waals surface area contributed by atoms with Gasteiger partial charge in [0.15, 0.2) is 0 Å². The van der Waals surface area contributed by atoms with Crippen molar-refractivity contribution >= 4 is 97.1 Å². The second-order valence-corrected chi connectivity index (χ2v) is 32.3. The number of hydrogen-bond donors (Lipinski definition) is 0. The van der Waals surface area contributed by atoms with Gasteiger partial charge in [0.05, 0.1) is 49.2 Å². The number of anilines is 3. The van der Waals surface area contributed by atoms with Crippen LogP contribution in [0, 0.1) is 13.8 Å². The summed E-state index contributed by atoms with van der Waals surface area (Å²) in [7, 11) is -7.37. The molecule has 0 saturated carbocycles. The van der Waals surface area contributed by atoms with Crippen molar-refractivity contribution in [1.82, 2.24) is 0 Å². The van der Waals surface area contributed by atoms with Gasteiger partial charge in [-0.1, -0.05) is 109 Å². The first-order valence-electron chi connectivity index (χ1n) is 24.3. The molecular weight excluding hydrogens is 911 g/mol. The fourth-order valence-electron chi connectivity index (χ4n) is 11.7. The number of aryl methyl sites for hydroxylation is 2.